The second-order valence-electron chi connectivity index (χ2n) is 6.17. The first-order chi connectivity index (χ1) is 9.58. The summed E-state index contributed by atoms with van der Waals surface area (Å²) in [5.41, 5.74) is 0.456. The van der Waals surface area contributed by atoms with Crippen LogP contribution in [0.1, 0.15) is 64.7 Å². The summed E-state index contributed by atoms with van der Waals surface area (Å²) in [5, 5.41) is 0.737. The van der Waals surface area contributed by atoms with Crippen LogP contribution < -0.4 is 0 Å². The summed E-state index contributed by atoms with van der Waals surface area (Å²) in [6.07, 6.45) is 9.60. The maximum absolute atomic E-state index is 12.6. The van der Waals surface area contributed by atoms with Gasteiger partial charge in [0.25, 0.3) is 0 Å². The highest BCUT2D eigenvalue weighted by Gasteiger charge is 2.31. The molecule has 0 amide bonds. The highest BCUT2D eigenvalue weighted by atomic mass is 32.2. The van der Waals surface area contributed by atoms with Crippen molar-refractivity contribution in [3.05, 3.63) is 12.2 Å². The molecule has 3 nitrogen and oxygen atoms in total. The highest BCUT2D eigenvalue weighted by Crippen LogP contribution is 2.31. The van der Waals surface area contributed by atoms with E-state index in [4.69, 9.17) is 4.74 Å². The molecule has 2 saturated carbocycles. The van der Waals surface area contributed by atoms with Crippen LogP contribution in [0.4, 0.5) is 0 Å². The van der Waals surface area contributed by atoms with E-state index in [0.717, 1.165) is 38.5 Å². The van der Waals surface area contributed by atoms with Crippen molar-refractivity contribution < 1.29 is 13.7 Å². The number of hydrogen-bond acceptors (Lipinski definition) is 3. The van der Waals surface area contributed by atoms with Crippen molar-refractivity contribution >= 4 is 16.8 Å². The summed E-state index contributed by atoms with van der Waals surface area (Å²) in [5.74, 6) is -0.290. The molecule has 0 saturated heterocycles. The van der Waals surface area contributed by atoms with Gasteiger partial charge in [-0.1, -0.05) is 25.8 Å². The first-order valence-corrected chi connectivity index (χ1v) is 9.11. The Kier molecular flexibility index (Phi) is 5.82. The standard InChI is InChI=1S/C16H26O3S/c1-12(2)16(17)19-13-8-10-15(11-9-13)20(18)14-6-4-3-5-7-14/h13-15H,1,3-11H2,2H3. The molecule has 2 fully saturated rings. The maximum atomic E-state index is 12.6. The lowest BCUT2D eigenvalue weighted by Crippen LogP contribution is -2.34. The molecule has 1 atom stereocenters. The van der Waals surface area contributed by atoms with Gasteiger partial charge in [-0.15, -0.1) is 0 Å². The van der Waals surface area contributed by atoms with Gasteiger partial charge in [-0.25, -0.2) is 4.79 Å². The van der Waals surface area contributed by atoms with Crippen LogP contribution in [0.15, 0.2) is 12.2 Å². The van der Waals surface area contributed by atoms with Crippen molar-refractivity contribution in [1.29, 1.82) is 0 Å². The molecule has 20 heavy (non-hydrogen) atoms. The second kappa shape index (κ2) is 7.39. The Bertz CT molecular complexity index is 377. The van der Waals surface area contributed by atoms with Crippen LogP contribution in [0, 0.1) is 0 Å². The fourth-order valence-corrected chi connectivity index (χ4v) is 5.28. The van der Waals surface area contributed by atoms with E-state index in [1.165, 1.54) is 19.3 Å². The van der Waals surface area contributed by atoms with Gasteiger partial charge in [0, 0.05) is 26.9 Å². The van der Waals surface area contributed by atoms with E-state index in [0.29, 0.717) is 16.1 Å². The third-order valence-corrected chi connectivity index (χ3v) is 6.71. The quantitative estimate of drug-likeness (QED) is 0.589. The minimum Gasteiger partial charge on any atom is -0.459 e. The monoisotopic (exact) mass is 298 g/mol. The summed E-state index contributed by atoms with van der Waals surface area (Å²) in [4.78, 5) is 11.5. The van der Waals surface area contributed by atoms with Crippen molar-refractivity contribution in [2.75, 3.05) is 0 Å². The van der Waals surface area contributed by atoms with Gasteiger partial charge in [0.2, 0.25) is 0 Å². The van der Waals surface area contributed by atoms with Gasteiger partial charge in [0.15, 0.2) is 0 Å². The highest BCUT2D eigenvalue weighted by molar-refractivity contribution is 7.86. The molecule has 1 unspecified atom stereocenters. The Morgan fingerprint density at radius 3 is 2.10 bits per heavy atom. The number of hydrogen-bond donors (Lipinski definition) is 0. The predicted molar refractivity (Wildman–Crippen MR) is 82.0 cm³/mol. The number of carbonyl (C=O) groups is 1. The average molecular weight is 298 g/mol. The first kappa shape index (κ1) is 15.7. The van der Waals surface area contributed by atoms with E-state index in [1.807, 2.05) is 0 Å². The zero-order valence-corrected chi connectivity index (χ0v) is 13.3. The van der Waals surface area contributed by atoms with Crippen LogP contribution in [0.25, 0.3) is 0 Å². The summed E-state index contributed by atoms with van der Waals surface area (Å²) in [6.45, 7) is 5.27. The van der Waals surface area contributed by atoms with Crippen LogP contribution in [0.2, 0.25) is 0 Å². The van der Waals surface area contributed by atoms with E-state index in [2.05, 4.69) is 6.58 Å². The van der Waals surface area contributed by atoms with Gasteiger partial charge in [-0.3, -0.25) is 4.21 Å². The van der Waals surface area contributed by atoms with Gasteiger partial charge >= 0.3 is 5.97 Å². The van der Waals surface area contributed by atoms with Crippen molar-refractivity contribution in [2.45, 2.75) is 81.3 Å². The number of carbonyl (C=O) groups excluding carboxylic acids is 1. The molecule has 2 aliphatic rings. The fourth-order valence-electron chi connectivity index (χ4n) is 3.20. The molecular weight excluding hydrogens is 272 g/mol. The normalized spacial score (nSPS) is 29.6. The minimum atomic E-state index is -0.687. The fraction of sp³-hybridized carbons (Fsp3) is 0.812. The van der Waals surface area contributed by atoms with Crippen molar-refractivity contribution in [1.82, 2.24) is 0 Å². The molecule has 2 aliphatic carbocycles. The molecule has 0 aromatic carbocycles. The van der Waals surface area contributed by atoms with Crippen molar-refractivity contribution in [3.8, 4) is 0 Å². The Balaban J connectivity index is 1.77. The molecule has 0 aromatic rings. The van der Waals surface area contributed by atoms with Crippen LogP contribution in [-0.4, -0.2) is 26.8 Å². The third kappa shape index (κ3) is 4.18. The van der Waals surface area contributed by atoms with Gasteiger partial charge in [0.05, 0.1) is 0 Å². The zero-order valence-electron chi connectivity index (χ0n) is 12.4. The molecule has 0 spiro atoms. The molecular formula is C16H26O3S. The first-order valence-electron chi connectivity index (χ1n) is 7.84. The second-order valence-corrected chi connectivity index (χ2v) is 8.16. The summed E-state index contributed by atoms with van der Waals surface area (Å²) < 4.78 is 18.0. The summed E-state index contributed by atoms with van der Waals surface area (Å²) in [7, 11) is -0.687. The molecule has 2 rings (SSSR count). The van der Waals surface area contributed by atoms with Gasteiger partial charge in [-0.05, 0) is 45.4 Å². The van der Waals surface area contributed by atoms with Gasteiger partial charge < -0.3 is 4.74 Å². The predicted octanol–water partition coefficient (Wildman–Crippen LogP) is 3.50. The van der Waals surface area contributed by atoms with Crippen LogP contribution in [0.5, 0.6) is 0 Å². The Labute approximate surface area is 124 Å². The van der Waals surface area contributed by atoms with Crippen LogP contribution >= 0.6 is 0 Å². The lowest BCUT2D eigenvalue weighted by molar-refractivity contribution is -0.145. The molecule has 0 radical (unpaired) electrons. The number of rotatable bonds is 4. The van der Waals surface area contributed by atoms with E-state index < -0.39 is 10.8 Å². The number of ether oxygens (including phenoxy) is 1. The molecule has 0 bridgehead atoms. The zero-order chi connectivity index (χ0) is 14.5. The molecule has 0 aromatic heterocycles. The number of esters is 1. The lowest BCUT2D eigenvalue weighted by atomic mass is 9.97. The van der Waals surface area contributed by atoms with Crippen LogP contribution in [-0.2, 0) is 20.3 Å². The van der Waals surface area contributed by atoms with Gasteiger partial charge in [0.1, 0.15) is 6.10 Å². The van der Waals surface area contributed by atoms with Crippen molar-refractivity contribution in [3.63, 3.8) is 0 Å². The van der Waals surface area contributed by atoms with Gasteiger partial charge in [-0.2, -0.15) is 0 Å². The Morgan fingerprint density at radius 2 is 1.55 bits per heavy atom. The Morgan fingerprint density at radius 1 is 1.00 bits per heavy atom. The molecule has 0 N–H and O–H groups in total. The van der Waals surface area contributed by atoms with Crippen LogP contribution in [0.3, 0.4) is 0 Å². The molecule has 0 aliphatic heterocycles. The topological polar surface area (TPSA) is 43.4 Å². The smallest absolute Gasteiger partial charge is 0.333 e. The average Bonchev–Trinajstić information content (AvgIpc) is 2.48. The molecule has 4 heteroatoms. The third-order valence-electron chi connectivity index (χ3n) is 4.45. The Hall–Kier alpha value is -0.640. The lowest BCUT2D eigenvalue weighted by Gasteiger charge is -2.31. The van der Waals surface area contributed by atoms with Crippen molar-refractivity contribution in [2.24, 2.45) is 0 Å². The van der Waals surface area contributed by atoms with E-state index in [1.54, 1.807) is 6.92 Å². The SMILES string of the molecule is C=C(C)C(=O)OC1CCC(S(=O)C2CCCCC2)CC1. The van der Waals surface area contributed by atoms with E-state index >= 15 is 0 Å². The molecule has 114 valence electrons. The largest absolute Gasteiger partial charge is 0.459 e. The van der Waals surface area contributed by atoms with E-state index in [9.17, 15) is 9.00 Å². The van der Waals surface area contributed by atoms with E-state index in [-0.39, 0.29) is 12.1 Å². The minimum absolute atomic E-state index is 0.00111. The molecule has 0 heterocycles. The summed E-state index contributed by atoms with van der Waals surface area (Å²) in [6, 6.07) is 0. The summed E-state index contributed by atoms with van der Waals surface area (Å²) >= 11 is 0. The maximum Gasteiger partial charge on any atom is 0.333 e.